The summed E-state index contributed by atoms with van der Waals surface area (Å²) in [6.07, 6.45) is 2.24. The maximum Gasteiger partial charge on any atom is 0.159 e. The van der Waals surface area contributed by atoms with Gasteiger partial charge in [-0.3, -0.25) is 0 Å². The van der Waals surface area contributed by atoms with Crippen molar-refractivity contribution in [3.63, 3.8) is 0 Å². The highest BCUT2D eigenvalue weighted by Gasteiger charge is 2.07. The predicted octanol–water partition coefficient (Wildman–Crippen LogP) is 3.19. The van der Waals surface area contributed by atoms with Crippen LogP contribution in [0.15, 0.2) is 30.4 Å². The summed E-state index contributed by atoms with van der Waals surface area (Å²) in [4.78, 5) is 0. The van der Waals surface area contributed by atoms with Crippen LogP contribution in [0.2, 0.25) is 0 Å². The summed E-state index contributed by atoms with van der Waals surface area (Å²) in [5.41, 5.74) is 7.70. The van der Waals surface area contributed by atoms with E-state index in [1.165, 1.54) is 6.07 Å². The summed E-state index contributed by atoms with van der Waals surface area (Å²) >= 11 is 0. The number of hydrogen-bond acceptors (Lipinski definition) is 1. The lowest BCUT2D eigenvalue weighted by atomic mass is 10.0. The second kappa shape index (κ2) is 5.75. The van der Waals surface area contributed by atoms with Crippen LogP contribution < -0.4 is 5.73 Å². The fourth-order valence-corrected chi connectivity index (χ4v) is 1.50. The van der Waals surface area contributed by atoms with Gasteiger partial charge in [0.15, 0.2) is 11.6 Å². The Morgan fingerprint density at radius 1 is 1.38 bits per heavy atom. The van der Waals surface area contributed by atoms with E-state index in [-0.39, 0.29) is 6.04 Å². The average Bonchev–Trinajstić information content (AvgIpc) is 2.21. The minimum absolute atomic E-state index is 0.0402. The molecule has 0 aliphatic carbocycles. The van der Waals surface area contributed by atoms with Crippen LogP contribution in [0.4, 0.5) is 8.78 Å². The highest BCUT2D eigenvalue weighted by Crippen LogP contribution is 2.12. The molecule has 1 unspecified atom stereocenters. The summed E-state index contributed by atoms with van der Waals surface area (Å²) < 4.78 is 25.6. The van der Waals surface area contributed by atoms with E-state index in [4.69, 9.17) is 5.73 Å². The Morgan fingerprint density at radius 2 is 2.06 bits per heavy atom. The largest absolute Gasteiger partial charge is 0.327 e. The first-order valence-electron chi connectivity index (χ1n) is 5.33. The van der Waals surface area contributed by atoms with E-state index in [1.807, 2.05) is 6.92 Å². The van der Waals surface area contributed by atoms with Gasteiger partial charge in [-0.15, -0.1) is 6.58 Å². The first kappa shape index (κ1) is 12.8. The Hall–Kier alpha value is -1.22. The second-order valence-electron chi connectivity index (χ2n) is 4.21. The molecule has 88 valence electrons. The van der Waals surface area contributed by atoms with Gasteiger partial charge in [-0.1, -0.05) is 11.6 Å². The molecular formula is C13H17F2N. The molecule has 0 saturated heterocycles. The van der Waals surface area contributed by atoms with Crippen LogP contribution in [0.25, 0.3) is 0 Å². The fraction of sp³-hybridized carbons (Fsp3) is 0.385. The molecule has 1 atom stereocenters. The van der Waals surface area contributed by atoms with Gasteiger partial charge in [0.1, 0.15) is 0 Å². The molecule has 16 heavy (non-hydrogen) atoms. The normalized spacial score (nSPS) is 12.5. The van der Waals surface area contributed by atoms with Crippen molar-refractivity contribution in [2.45, 2.75) is 32.2 Å². The van der Waals surface area contributed by atoms with Crippen molar-refractivity contribution >= 4 is 0 Å². The quantitative estimate of drug-likeness (QED) is 0.765. The number of rotatable bonds is 5. The maximum absolute atomic E-state index is 12.9. The van der Waals surface area contributed by atoms with Gasteiger partial charge in [0.25, 0.3) is 0 Å². The third-order valence-electron chi connectivity index (χ3n) is 2.42. The van der Waals surface area contributed by atoms with Gasteiger partial charge < -0.3 is 5.73 Å². The summed E-state index contributed by atoms with van der Waals surface area (Å²) in [5.74, 6) is -1.64. The van der Waals surface area contributed by atoms with Crippen molar-refractivity contribution in [1.29, 1.82) is 0 Å². The van der Waals surface area contributed by atoms with Crippen LogP contribution in [0.3, 0.4) is 0 Å². The van der Waals surface area contributed by atoms with Crippen LogP contribution in [0, 0.1) is 11.6 Å². The van der Waals surface area contributed by atoms with Crippen LogP contribution in [0.1, 0.15) is 25.3 Å². The zero-order chi connectivity index (χ0) is 12.1. The van der Waals surface area contributed by atoms with Gasteiger partial charge in [0, 0.05) is 6.04 Å². The van der Waals surface area contributed by atoms with E-state index in [2.05, 4.69) is 6.58 Å². The molecule has 0 saturated carbocycles. The molecule has 0 aliphatic rings. The minimum atomic E-state index is -0.820. The number of nitrogens with two attached hydrogens (primary N) is 1. The van der Waals surface area contributed by atoms with Crippen LogP contribution in [0.5, 0.6) is 0 Å². The SMILES string of the molecule is C=C(C)CCC(N)Cc1ccc(F)c(F)c1. The molecule has 0 amide bonds. The van der Waals surface area contributed by atoms with E-state index >= 15 is 0 Å². The van der Waals surface area contributed by atoms with Gasteiger partial charge in [0.2, 0.25) is 0 Å². The van der Waals surface area contributed by atoms with E-state index in [0.717, 1.165) is 30.0 Å². The predicted molar refractivity (Wildman–Crippen MR) is 62.1 cm³/mol. The monoisotopic (exact) mass is 225 g/mol. The number of benzene rings is 1. The molecule has 1 nitrogen and oxygen atoms in total. The Bertz CT molecular complexity index is 374. The molecule has 1 aromatic rings. The molecule has 0 spiro atoms. The summed E-state index contributed by atoms with van der Waals surface area (Å²) in [6.45, 7) is 5.74. The lowest BCUT2D eigenvalue weighted by Gasteiger charge is -2.11. The zero-order valence-corrected chi connectivity index (χ0v) is 9.47. The molecule has 0 bridgehead atoms. The van der Waals surface area contributed by atoms with Crippen molar-refractivity contribution in [2.75, 3.05) is 0 Å². The molecule has 1 aromatic carbocycles. The average molecular weight is 225 g/mol. The Labute approximate surface area is 95.0 Å². The van der Waals surface area contributed by atoms with Gasteiger partial charge in [0.05, 0.1) is 0 Å². The highest BCUT2D eigenvalue weighted by atomic mass is 19.2. The van der Waals surface area contributed by atoms with Gasteiger partial charge in [-0.05, 0) is 43.9 Å². The topological polar surface area (TPSA) is 26.0 Å². The molecule has 2 N–H and O–H groups in total. The smallest absolute Gasteiger partial charge is 0.159 e. The molecule has 0 radical (unpaired) electrons. The molecule has 0 heterocycles. The van der Waals surface area contributed by atoms with Crippen LogP contribution in [-0.4, -0.2) is 6.04 Å². The van der Waals surface area contributed by atoms with Crippen molar-refractivity contribution in [2.24, 2.45) is 5.73 Å². The molecule has 0 fully saturated rings. The number of allylic oxidation sites excluding steroid dienone is 1. The van der Waals surface area contributed by atoms with Gasteiger partial charge in [-0.25, -0.2) is 8.78 Å². The molecule has 3 heteroatoms. The van der Waals surface area contributed by atoms with Gasteiger partial charge >= 0.3 is 0 Å². The Morgan fingerprint density at radius 3 is 2.62 bits per heavy atom. The molecular weight excluding hydrogens is 208 g/mol. The highest BCUT2D eigenvalue weighted by molar-refractivity contribution is 5.18. The van der Waals surface area contributed by atoms with E-state index in [9.17, 15) is 8.78 Å². The van der Waals surface area contributed by atoms with Crippen molar-refractivity contribution in [3.05, 3.63) is 47.5 Å². The van der Waals surface area contributed by atoms with Crippen LogP contribution in [-0.2, 0) is 6.42 Å². The summed E-state index contributed by atoms with van der Waals surface area (Å²) in [6, 6.07) is 3.87. The Balaban J connectivity index is 2.52. The van der Waals surface area contributed by atoms with Crippen LogP contribution >= 0.6 is 0 Å². The first-order chi connectivity index (χ1) is 7.49. The lowest BCUT2D eigenvalue weighted by molar-refractivity contribution is 0.505. The van der Waals surface area contributed by atoms with Crippen molar-refractivity contribution in [1.82, 2.24) is 0 Å². The van der Waals surface area contributed by atoms with E-state index < -0.39 is 11.6 Å². The third kappa shape index (κ3) is 4.11. The second-order valence-corrected chi connectivity index (χ2v) is 4.21. The van der Waals surface area contributed by atoms with E-state index in [1.54, 1.807) is 6.07 Å². The standard InChI is InChI=1S/C13H17F2N/c1-9(2)3-5-11(16)7-10-4-6-12(14)13(15)8-10/h4,6,8,11H,1,3,5,7,16H2,2H3. The summed E-state index contributed by atoms with van der Waals surface area (Å²) in [7, 11) is 0. The fourth-order valence-electron chi connectivity index (χ4n) is 1.50. The first-order valence-corrected chi connectivity index (χ1v) is 5.33. The van der Waals surface area contributed by atoms with Crippen molar-refractivity contribution in [3.8, 4) is 0 Å². The lowest BCUT2D eigenvalue weighted by Crippen LogP contribution is -2.22. The van der Waals surface area contributed by atoms with Gasteiger partial charge in [-0.2, -0.15) is 0 Å². The number of hydrogen-bond donors (Lipinski definition) is 1. The Kier molecular flexibility index (Phi) is 4.62. The molecule has 0 aliphatic heterocycles. The maximum atomic E-state index is 12.9. The van der Waals surface area contributed by atoms with Crippen molar-refractivity contribution < 1.29 is 8.78 Å². The minimum Gasteiger partial charge on any atom is -0.327 e. The summed E-state index contributed by atoms with van der Waals surface area (Å²) in [5, 5.41) is 0. The zero-order valence-electron chi connectivity index (χ0n) is 9.47. The van der Waals surface area contributed by atoms with E-state index in [0.29, 0.717) is 6.42 Å². The molecule has 1 rings (SSSR count). The molecule has 0 aromatic heterocycles. The number of halogens is 2. The third-order valence-corrected chi connectivity index (χ3v) is 2.42.